The molecular formula is C15H11IN2O2. The molecule has 0 atom stereocenters. The van der Waals surface area contributed by atoms with Gasteiger partial charge in [0.25, 0.3) is 5.91 Å². The Balaban J connectivity index is 2.18. The number of aryl methyl sites for hydroxylation is 1. The van der Waals surface area contributed by atoms with Gasteiger partial charge in [0.2, 0.25) is 0 Å². The number of nitrogens with zero attached hydrogens (tertiary/aromatic N) is 1. The first-order valence-corrected chi connectivity index (χ1v) is 6.91. The van der Waals surface area contributed by atoms with Gasteiger partial charge in [-0.25, -0.2) is 0 Å². The zero-order valence-electron chi connectivity index (χ0n) is 10.7. The van der Waals surface area contributed by atoms with E-state index in [-0.39, 0.29) is 5.57 Å². The average Bonchev–Trinajstić information content (AvgIpc) is 2.81. The number of carbonyl (C=O) groups excluding carboxylic acids is 1. The van der Waals surface area contributed by atoms with Crippen molar-refractivity contribution in [2.24, 2.45) is 0 Å². The van der Waals surface area contributed by atoms with Crippen molar-refractivity contribution in [2.45, 2.75) is 6.92 Å². The van der Waals surface area contributed by atoms with Gasteiger partial charge in [0.05, 0.1) is 0 Å². The molecule has 0 saturated carbocycles. The van der Waals surface area contributed by atoms with Gasteiger partial charge in [-0.15, -0.1) is 0 Å². The zero-order chi connectivity index (χ0) is 14.5. The van der Waals surface area contributed by atoms with Crippen LogP contribution in [0.3, 0.4) is 0 Å². The Bertz CT molecular complexity index is 711. The summed E-state index contributed by atoms with van der Waals surface area (Å²) in [5.41, 5.74) is 1.69. The first-order chi connectivity index (χ1) is 9.58. The Morgan fingerprint density at radius 2 is 2.20 bits per heavy atom. The minimum Gasteiger partial charge on any atom is -0.451 e. The Morgan fingerprint density at radius 3 is 2.80 bits per heavy atom. The molecular weight excluding hydrogens is 367 g/mol. The highest BCUT2D eigenvalue weighted by Gasteiger charge is 2.10. The lowest BCUT2D eigenvalue weighted by molar-refractivity contribution is -0.112. The fourth-order valence-electron chi connectivity index (χ4n) is 1.62. The van der Waals surface area contributed by atoms with Gasteiger partial charge in [-0.3, -0.25) is 4.79 Å². The summed E-state index contributed by atoms with van der Waals surface area (Å²) >= 11 is 2.02. The third-order valence-corrected chi connectivity index (χ3v) is 3.10. The SMILES string of the molecule is Cc1cccc(NC(=O)/C(C#N)=C\c2ccc(I)o2)c1. The molecule has 0 aliphatic heterocycles. The molecule has 1 N–H and O–H groups in total. The van der Waals surface area contributed by atoms with Crippen LogP contribution in [-0.4, -0.2) is 5.91 Å². The number of hydrogen-bond acceptors (Lipinski definition) is 3. The van der Waals surface area contributed by atoms with Crippen LogP contribution in [0.15, 0.2) is 46.4 Å². The highest BCUT2D eigenvalue weighted by Crippen LogP contribution is 2.15. The van der Waals surface area contributed by atoms with E-state index in [1.807, 2.05) is 53.8 Å². The highest BCUT2D eigenvalue weighted by atomic mass is 127. The van der Waals surface area contributed by atoms with Crippen LogP contribution >= 0.6 is 22.6 Å². The Morgan fingerprint density at radius 1 is 1.40 bits per heavy atom. The van der Waals surface area contributed by atoms with Gasteiger partial charge >= 0.3 is 0 Å². The number of furan rings is 1. The molecule has 2 aromatic rings. The van der Waals surface area contributed by atoms with E-state index in [2.05, 4.69) is 5.32 Å². The standard InChI is InChI=1S/C15H11IN2O2/c1-10-3-2-4-12(7-10)18-15(19)11(9-17)8-13-5-6-14(16)20-13/h2-8H,1H3,(H,18,19)/b11-8-. The molecule has 1 amide bonds. The largest absolute Gasteiger partial charge is 0.451 e. The normalized spacial score (nSPS) is 10.9. The molecule has 100 valence electrons. The van der Waals surface area contributed by atoms with Crippen molar-refractivity contribution in [1.82, 2.24) is 0 Å². The lowest BCUT2D eigenvalue weighted by atomic mass is 10.2. The molecule has 5 heteroatoms. The van der Waals surface area contributed by atoms with Crippen molar-refractivity contribution >= 4 is 40.3 Å². The van der Waals surface area contributed by atoms with E-state index >= 15 is 0 Å². The predicted octanol–water partition coefficient (Wildman–Crippen LogP) is 3.74. The molecule has 0 bridgehead atoms. The molecule has 4 nitrogen and oxygen atoms in total. The van der Waals surface area contributed by atoms with Crippen LogP contribution < -0.4 is 5.32 Å². The van der Waals surface area contributed by atoms with E-state index in [0.29, 0.717) is 15.2 Å². The van der Waals surface area contributed by atoms with Gasteiger partial charge in [-0.05, 0) is 59.3 Å². The fourth-order valence-corrected chi connectivity index (χ4v) is 2.05. The second-order valence-electron chi connectivity index (χ2n) is 4.14. The third-order valence-electron chi connectivity index (χ3n) is 2.52. The molecule has 0 saturated heterocycles. The summed E-state index contributed by atoms with van der Waals surface area (Å²) in [6, 6.07) is 12.7. The number of nitrogens with one attached hydrogen (secondary N) is 1. The van der Waals surface area contributed by atoms with E-state index in [9.17, 15) is 4.79 Å². The van der Waals surface area contributed by atoms with E-state index in [0.717, 1.165) is 5.56 Å². The Labute approximate surface area is 130 Å². The summed E-state index contributed by atoms with van der Waals surface area (Å²) in [4.78, 5) is 12.0. The second kappa shape index (κ2) is 6.39. The van der Waals surface area contributed by atoms with Gasteiger partial charge < -0.3 is 9.73 Å². The number of hydrogen-bond donors (Lipinski definition) is 1. The Kier molecular flexibility index (Phi) is 4.58. The van der Waals surface area contributed by atoms with Crippen molar-refractivity contribution in [2.75, 3.05) is 5.32 Å². The number of nitriles is 1. The van der Waals surface area contributed by atoms with Gasteiger partial charge in [0.15, 0.2) is 3.77 Å². The minimum absolute atomic E-state index is 0.00254. The van der Waals surface area contributed by atoms with Crippen LogP contribution in [0, 0.1) is 22.0 Å². The molecule has 0 spiro atoms. The summed E-state index contributed by atoms with van der Waals surface area (Å²) in [6.45, 7) is 1.93. The molecule has 0 aliphatic carbocycles. The monoisotopic (exact) mass is 378 g/mol. The van der Waals surface area contributed by atoms with Crippen LogP contribution in [-0.2, 0) is 4.79 Å². The van der Waals surface area contributed by atoms with E-state index in [1.54, 1.807) is 18.2 Å². The maximum absolute atomic E-state index is 12.0. The van der Waals surface area contributed by atoms with Crippen molar-refractivity contribution in [3.8, 4) is 6.07 Å². The van der Waals surface area contributed by atoms with E-state index in [1.165, 1.54) is 6.08 Å². The topological polar surface area (TPSA) is 66.0 Å². The molecule has 0 unspecified atom stereocenters. The fraction of sp³-hybridized carbons (Fsp3) is 0.0667. The molecule has 2 rings (SSSR count). The predicted molar refractivity (Wildman–Crippen MR) is 84.8 cm³/mol. The molecule has 1 aromatic heterocycles. The third kappa shape index (κ3) is 3.71. The van der Waals surface area contributed by atoms with Gasteiger partial charge in [0, 0.05) is 11.8 Å². The second-order valence-corrected chi connectivity index (χ2v) is 5.20. The summed E-state index contributed by atoms with van der Waals surface area (Å²) in [6.07, 6.45) is 1.42. The number of halogens is 1. The number of benzene rings is 1. The van der Waals surface area contributed by atoms with Crippen molar-refractivity contribution < 1.29 is 9.21 Å². The smallest absolute Gasteiger partial charge is 0.266 e. The first-order valence-electron chi connectivity index (χ1n) is 5.83. The number of amides is 1. The molecule has 1 heterocycles. The lowest BCUT2D eigenvalue weighted by Crippen LogP contribution is -2.13. The quantitative estimate of drug-likeness (QED) is 0.503. The molecule has 0 fully saturated rings. The average molecular weight is 378 g/mol. The summed E-state index contributed by atoms with van der Waals surface area (Å²) < 4.78 is 6.01. The van der Waals surface area contributed by atoms with Gasteiger partial charge in [0.1, 0.15) is 17.4 Å². The van der Waals surface area contributed by atoms with Crippen LogP contribution in [0.5, 0.6) is 0 Å². The summed E-state index contributed by atoms with van der Waals surface area (Å²) in [5, 5.41) is 11.8. The van der Waals surface area contributed by atoms with Crippen LogP contribution in [0.2, 0.25) is 0 Å². The maximum Gasteiger partial charge on any atom is 0.266 e. The van der Waals surface area contributed by atoms with E-state index < -0.39 is 5.91 Å². The highest BCUT2D eigenvalue weighted by molar-refractivity contribution is 14.1. The van der Waals surface area contributed by atoms with Gasteiger partial charge in [-0.1, -0.05) is 12.1 Å². The summed E-state index contributed by atoms with van der Waals surface area (Å²) in [5.74, 6) is 0.0230. The molecule has 0 aliphatic rings. The minimum atomic E-state index is -0.454. The van der Waals surface area contributed by atoms with Crippen LogP contribution in [0.1, 0.15) is 11.3 Å². The summed E-state index contributed by atoms with van der Waals surface area (Å²) in [7, 11) is 0. The molecule has 0 radical (unpaired) electrons. The number of anilines is 1. The Hall–Kier alpha value is -2.07. The van der Waals surface area contributed by atoms with Crippen LogP contribution in [0.25, 0.3) is 6.08 Å². The van der Waals surface area contributed by atoms with Crippen LogP contribution in [0.4, 0.5) is 5.69 Å². The number of rotatable bonds is 3. The van der Waals surface area contributed by atoms with Crippen molar-refractivity contribution in [3.05, 3.63) is 57.1 Å². The first kappa shape index (κ1) is 14.3. The number of carbonyl (C=O) groups is 1. The lowest BCUT2D eigenvalue weighted by Gasteiger charge is -2.04. The van der Waals surface area contributed by atoms with Crippen molar-refractivity contribution in [3.63, 3.8) is 0 Å². The zero-order valence-corrected chi connectivity index (χ0v) is 12.8. The van der Waals surface area contributed by atoms with Crippen molar-refractivity contribution in [1.29, 1.82) is 5.26 Å². The molecule has 20 heavy (non-hydrogen) atoms. The molecule has 1 aromatic carbocycles. The van der Waals surface area contributed by atoms with Gasteiger partial charge in [-0.2, -0.15) is 5.26 Å². The van der Waals surface area contributed by atoms with E-state index in [4.69, 9.17) is 9.68 Å². The maximum atomic E-state index is 12.0.